The smallest absolute Gasteiger partial charge is 0.337 e. The second kappa shape index (κ2) is 9.78. The van der Waals surface area contributed by atoms with E-state index in [1.165, 1.54) is 38.4 Å². The average molecular weight is 514 g/mol. The van der Waals surface area contributed by atoms with E-state index in [-0.39, 0.29) is 16.9 Å². The van der Waals surface area contributed by atoms with Gasteiger partial charge in [-0.15, -0.1) is 0 Å². The number of carbonyl (C=O) groups excluding carboxylic acids is 3. The number of benzene rings is 3. The number of ketones is 1. The molecule has 1 atom stereocenters. The number of amides is 1. The Morgan fingerprint density at radius 1 is 0.921 bits per heavy atom. The van der Waals surface area contributed by atoms with E-state index >= 15 is 0 Å². The van der Waals surface area contributed by atoms with E-state index in [0.717, 1.165) is 0 Å². The lowest BCUT2D eigenvalue weighted by atomic mass is 9.94. The second-order valence-electron chi connectivity index (χ2n) is 8.47. The molecule has 1 aromatic heterocycles. The normalized spacial score (nSPS) is 15.2. The maximum atomic E-state index is 13.8. The highest BCUT2D eigenvalue weighted by Crippen LogP contribution is 2.43. The Morgan fingerprint density at radius 2 is 1.66 bits per heavy atom. The summed E-state index contributed by atoms with van der Waals surface area (Å²) in [4.78, 5) is 40.5. The van der Waals surface area contributed by atoms with Crippen molar-refractivity contribution in [1.29, 1.82) is 0 Å². The summed E-state index contributed by atoms with van der Waals surface area (Å²) in [6.45, 7) is 0. The van der Waals surface area contributed by atoms with Crippen LogP contribution < -0.4 is 14.4 Å². The van der Waals surface area contributed by atoms with Crippen LogP contribution in [0.1, 0.15) is 32.5 Å². The van der Waals surface area contributed by atoms with Crippen LogP contribution in [0.5, 0.6) is 11.5 Å². The fourth-order valence-corrected chi connectivity index (χ4v) is 4.55. The van der Waals surface area contributed by atoms with Crippen molar-refractivity contribution in [2.24, 2.45) is 0 Å². The van der Waals surface area contributed by atoms with E-state index in [1.807, 2.05) is 0 Å². The number of nitrogens with zero attached hydrogens (tertiary/aromatic N) is 1. The Morgan fingerprint density at radius 3 is 2.34 bits per heavy atom. The van der Waals surface area contributed by atoms with Gasteiger partial charge in [0.05, 0.1) is 38.5 Å². The molecule has 192 valence electrons. The van der Waals surface area contributed by atoms with Gasteiger partial charge in [-0.1, -0.05) is 24.3 Å². The van der Waals surface area contributed by atoms with E-state index in [2.05, 4.69) is 0 Å². The van der Waals surface area contributed by atoms with Crippen LogP contribution in [-0.4, -0.2) is 44.1 Å². The number of hydrogen-bond donors (Lipinski definition) is 1. The predicted octanol–water partition coefficient (Wildman–Crippen LogP) is 5.02. The minimum atomic E-state index is -1.01. The van der Waals surface area contributed by atoms with Crippen LogP contribution in [-0.2, 0) is 9.53 Å². The average Bonchev–Trinajstić information content (AvgIpc) is 3.51. The van der Waals surface area contributed by atoms with E-state index in [9.17, 15) is 19.5 Å². The molecule has 0 fully saturated rings. The number of rotatable bonds is 7. The summed E-state index contributed by atoms with van der Waals surface area (Å²) in [5, 5.41) is 11.7. The molecule has 0 aliphatic carbocycles. The second-order valence-corrected chi connectivity index (χ2v) is 8.47. The Hall–Kier alpha value is -5.05. The number of Topliss-reactive ketones (excluding diaryl/α,β-unsaturated/α-hetero) is 1. The number of furan rings is 1. The molecular weight excluding hydrogens is 490 g/mol. The van der Waals surface area contributed by atoms with E-state index in [0.29, 0.717) is 33.7 Å². The Balaban J connectivity index is 1.64. The van der Waals surface area contributed by atoms with Crippen molar-refractivity contribution in [2.75, 3.05) is 26.2 Å². The summed E-state index contributed by atoms with van der Waals surface area (Å²) in [5.41, 5.74) is 1.38. The van der Waals surface area contributed by atoms with Crippen LogP contribution >= 0.6 is 0 Å². The van der Waals surface area contributed by atoms with Gasteiger partial charge in [0.25, 0.3) is 5.91 Å². The molecule has 1 N–H and O–H groups in total. The van der Waals surface area contributed by atoms with Crippen molar-refractivity contribution in [3.05, 3.63) is 101 Å². The zero-order chi connectivity index (χ0) is 27.0. The first-order valence-corrected chi connectivity index (χ1v) is 11.6. The van der Waals surface area contributed by atoms with Gasteiger partial charge >= 0.3 is 5.97 Å². The minimum absolute atomic E-state index is 0.0605. The molecule has 0 radical (unpaired) electrons. The van der Waals surface area contributed by atoms with Gasteiger partial charge in [0.1, 0.15) is 5.75 Å². The third-order valence-corrected chi connectivity index (χ3v) is 6.38. The summed E-state index contributed by atoms with van der Waals surface area (Å²) in [7, 11) is 4.26. The topological polar surface area (TPSA) is 116 Å². The van der Waals surface area contributed by atoms with Crippen LogP contribution in [0.3, 0.4) is 0 Å². The molecule has 3 aromatic carbocycles. The maximum Gasteiger partial charge on any atom is 0.337 e. The van der Waals surface area contributed by atoms with Gasteiger partial charge in [-0.2, -0.15) is 0 Å². The van der Waals surface area contributed by atoms with Crippen LogP contribution in [0.25, 0.3) is 11.0 Å². The number of esters is 1. The first-order valence-electron chi connectivity index (χ1n) is 11.6. The molecule has 1 amide bonds. The van der Waals surface area contributed by atoms with Crippen molar-refractivity contribution in [1.82, 2.24) is 0 Å². The van der Waals surface area contributed by atoms with Crippen LogP contribution in [0, 0.1) is 0 Å². The first-order chi connectivity index (χ1) is 18.4. The molecular formula is C29H23NO8. The van der Waals surface area contributed by atoms with Crippen molar-refractivity contribution >= 4 is 34.3 Å². The molecule has 0 spiro atoms. The monoisotopic (exact) mass is 513 g/mol. The van der Waals surface area contributed by atoms with Gasteiger partial charge in [0.2, 0.25) is 5.78 Å². The molecule has 1 aliphatic heterocycles. The third kappa shape index (κ3) is 4.03. The number of aliphatic hydroxyl groups excluding tert-OH is 1. The molecule has 1 aliphatic rings. The van der Waals surface area contributed by atoms with E-state index < -0.39 is 29.5 Å². The van der Waals surface area contributed by atoms with Crippen LogP contribution in [0.15, 0.2) is 88.5 Å². The van der Waals surface area contributed by atoms with Crippen molar-refractivity contribution in [2.45, 2.75) is 6.04 Å². The van der Waals surface area contributed by atoms with Gasteiger partial charge in [0, 0.05) is 11.1 Å². The molecule has 1 unspecified atom stereocenters. The Labute approximate surface area is 217 Å². The van der Waals surface area contributed by atoms with Gasteiger partial charge in [-0.3, -0.25) is 14.5 Å². The number of methoxy groups -OCH3 is 3. The van der Waals surface area contributed by atoms with Gasteiger partial charge in [-0.05, 0) is 54.1 Å². The molecule has 0 saturated carbocycles. The summed E-state index contributed by atoms with van der Waals surface area (Å²) >= 11 is 0. The molecule has 4 aromatic rings. The minimum Gasteiger partial charge on any atom is -0.503 e. The number of aliphatic hydroxyl groups is 1. The van der Waals surface area contributed by atoms with E-state index in [4.69, 9.17) is 18.6 Å². The Bertz CT molecular complexity index is 1600. The first kappa shape index (κ1) is 24.6. The highest BCUT2D eigenvalue weighted by molar-refractivity contribution is 6.20. The number of hydrogen-bond acceptors (Lipinski definition) is 8. The molecule has 5 rings (SSSR count). The molecule has 9 nitrogen and oxygen atoms in total. The number of fused-ring (bicyclic) bond motifs is 1. The molecule has 0 bridgehead atoms. The lowest BCUT2D eigenvalue weighted by molar-refractivity contribution is -0.117. The molecule has 38 heavy (non-hydrogen) atoms. The molecule has 9 heteroatoms. The van der Waals surface area contributed by atoms with Crippen LogP contribution in [0.2, 0.25) is 0 Å². The number of anilines is 1. The number of carbonyl (C=O) groups is 3. The summed E-state index contributed by atoms with van der Waals surface area (Å²) in [5.74, 6) is -1.79. The Kier molecular flexibility index (Phi) is 6.34. The SMILES string of the molecule is COC(=O)c1ccc(N2C(=O)C(O)=C(C(=O)c3cc4cccc(OC)c4o3)C2c2cccc(OC)c2)cc1. The zero-order valence-corrected chi connectivity index (χ0v) is 20.8. The van der Waals surface area contributed by atoms with E-state index in [1.54, 1.807) is 60.7 Å². The molecule has 2 heterocycles. The summed E-state index contributed by atoms with van der Waals surface area (Å²) in [6.07, 6.45) is 0. The van der Waals surface area contributed by atoms with Crippen molar-refractivity contribution in [3.63, 3.8) is 0 Å². The fourth-order valence-electron chi connectivity index (χ4n) is 4.55. The predicted molar refractivity (Wildman–Crippen MR) is 138 cm³/mol. The van der Waals surface area contributed by atoms with Gasteiger partial charge < -0.3 is 23.7 Å². The lowest BCUT2D eigenvalue weighted by Crippen LogP contribution is -2.31. The van der Waals surface area contributed by atoms with Gasteiger partial charge in [-0.25, -0.2) is 4.79 Å². The third-order valence-electron chi connectivity index (χ3n) is 6.38. The fraction of sp³-hybridized carbons (Fsp3) is 0.138. The summed E-state index contributed by atoms with van der Waals surface area (Å²) in [6, 6.07) is 18.7. The molecule has 0 saturated heterocycles. The highest BCUT2D eigenvalue weighted by atomic mass is 16.5. The zero-order valence-electron chi connectivity index (χ0n) is 20.8. The highest BCUT2D eigenvalue weighted by Gasteiger charge is 2.45. The lowest BCUT2D eigenvalue weighted by Gasteiger charge is -2.27. The summed E-state index contributed by atoms with van der Waals surface area (Å²) < 4.78 is 21.3. The quantitative estimate of drug-likeness (QED) is 0.271. The largest absolute Gasteiger partial charge is 0.503 e. The van der Waals surface area contributed by atoms with Crippen molar-refractivity contribution < 1.29 is 38.1 Å². The van der Waals surface area contributed by atoms with Crippen LogP contribution in [0.4, 0.5) is 5.69 Å². The number of ether oxygens (including phenoxy) is 3. The van der Waals surface area contributed by atoms with Crippen molar-refractivity contribution in [3.8, 4) is 11.5 Å². The van der Waals surface area contributed by atoms with Gasteiger partial charge in [0.15, 0.2) is 22.9 Å². The standard InChI is InChI=1S/C29H23NO8/c1-35-20-8-4-6-17(14-20)24-23(25(31)22-15-18-7-5-9-21(36-2)27(18)38-22)26(32)28(33)30(24)19-12-10-16(11-13-19)29(34)37-3/h4-15,24,32H,1-3H3. The number of para-hydroxylation sites is 1. The maximum absolute atomic E-state index is 13.8.